The van der Waals surface area contributed by atoms with E-state index in [1.54, 1.807) is 7.11 Å². The van der Waals surface area contributed by atoms with E-state index in [4.69, 9.17) is 4.74 Å². The average Bonchev–Trinajstić information content (AvgIpc) is 2.94. The molecule has 2 N–H and O–H groups in total. The van der Waals surface area contributed by atoms with Crippen LogP contribution in [-0.2, 0) is 11.2 Å². The minimum atomic E-state index is -0.0284. The zero-order valence-electron chi connectivity index (χ0n) is 13.2. The molecule has 0 aliphatic carbocycles. The van der Waals surface area contributed by atoms with Gasteiger partial charge in [0.05, 0.1) is 7.11 Å². The Morgan fingerprint density at radius 1 is 1.35 bits per heavy atom. The van der Waals surface area contributed by atoms with Crippen molar-refractivity contribution in [3.05, 3.63) is 34.8 Å². The highest BCUT2D eigenvalue weighted by atomic mass is 35.5. The first kappa shape index (κ1) is 19.3. The topological polar surface area (TPSA) is 76.1 Å². The van der Waals surface area contributed by atoms with Gasteiger partial charge in [0.1, 0.15) is 10.8 Å². The maximum Gasteiger partial charge on any atom is 0.226 e. The maximum atomic E-state index is 11.7. The number of nitrogens with zero attached hydrogens (tertiary/aromatic N) is 2. The van der Waals surface area contributed by atoms with Gasteiger partial charge in [-0.15, -0.1) is 22.6 Å². The van der Waals surface area contributed by atoms with E-state index >= 15 is 0 Å². The smallest absolute Gasteiger partial charge is 0.226 e. The van der Waals surface area contributed by atoms with Crippen LogP contribution in [0, 0.1) is 0 Å². The Labute approximate surface area is 146 Å². The summed E-state index contributed by atoms with van der Waals surface area (Å²) in [6.07, 6.45) is 1.95. The summed E-state index contributed by atoms with van der Waals surface area (Å²) < 4.78 is 5.20. The highest BCUT2D eigenvalue weighted by Crippen LogP contribution is 2.21. The largest absolute Gasteiger partial charge is 0.497 e. The molecule has 0 saturated carbocycles. The van der Waals surface area contributed by atoms with Crippen molar-refractivity contribution in [1.29, 1.82) is 0 Å². The lowest BCUT2D eigenvalue weighted by Crippen LogP contribution is -2.15. The number of hydrogen-bond donors (Lipinski definition) is 2. The minimum Gasteiger partial charge on any atom is -0.497 e. The number of methoxy groups -OCH3 is 1. The third-order valence-electron chi connectivity index (χ3n) is 3.03. The molecule has 1 aromatic carbocycles. The van der Waals surface area contributed by atoms with Crippen LogP contribution in [0.4, 0.5) is 5.13 Å². The normalized spacial score (nSPS) is 10.0. The van der Waals surface area contributed by atoms with Crippen molar-refractivity contribution in [1.82, 2.24) is 15.5 Å². The number of benzene rings is 1. The van der Waals surface area contributed by atoms with Crippen molar-refractivity contribution in [3.63, 3.8) is 0 Å². The van der Waals surface area contributed by atoms with Gasteiger partial charge >= 0.3 is 0 Å². The number of anilines is 1. The molecular formula is C15H21ClN4O2S. The van der Waals surface area contributed by atoms with Gasteiger partial charge in [0.15, 0.2) is 0 Å². The monoisotopic (exact) mass is 356 g/mol. The van der Waals surface area contributed by atoms with E-state index in [1.165, 1.54) is 11.3 Å². The Bertz CT molecular complexity index is 621. The zero-order valence-corrected chi connectivity index (χ0v) is 14.8. The molecule has 0 saturated heterocycles. The molecule has 1 aromatic heterocycles. The summed E-state index contributed by atoms with van der Waals surface area (Å²) in [6.45, 7) is 0.824. The van der Waals surface area contributed by atoms with Gasteiger partial charge < -0.3 is 15.4 Å². The fraction of sp³-hybridized carbons (Fsp3) is 0.400. The molecule has 0 bridgehead atoms. The van der Waals surface area contributed by atoms with E-state index in [0.29, 0.717) is 18.0 Å². The van der Waals surface area contributed by atoms with Crippen LogP contribution in [0.15, 0.2) is 24.3 Å². The van der Waals surface area contributed by atoms with Crippen molar-refractivity contribution in [2.24, 2.45) is 0 Å². The van der Waals surface area contributed by atoms with Crippen molar-refractivity contribution >= 4 is 34.8 Å². The number of carbonyl (C=O) groups excluding carboxylic acids is 1. The van der Waals surface area contributed by atoms with Crippen LogP contribution in [0.5, 0.6) is 5.75 Å². The molecule has 1 heterocycles. The molecule has 2 aromatic rings. The van der Waals surface area contributed by atoms with E-state index in [2.05, 4.69) is 20.8 Å². The molecule has 0 atom stereocenters. The van der Waals surface area contributed by atoms with Crippen LogP contribution in [0.2, 0.25) is 0 Å². The Balaban J connectivity index is 0.00000264. The van der Waals surface area contributed by atoms with Gasteiger partial charge in [-0.3, -0.25) is 4.79 Å². The van der Waals surface area contributed by atoms with Gasteiger partial charge in [0.2, 0.25) is 11.0 Å². The lowest BCUT2D eigenvalue weighted by molar-refractivity contribution is -0.116. The number of hydrogen-bond acceptors (Lipinski definition) is 6. The third kappa shape index (κ3) is 6.52. The van der Waals surface area contributed by atoms with E-state index in [0.717, 1.165) is 29.3 Å². The SMILES string of the molecule is CNCCCC(=O)Nc1nnc(Cc2cccc(OC)c2)s1.Cl. The van der Waals surface area contributed by atoms with E-state index in [9.17, 15) is 4.79 Å². The lowest BCUT2D eigenvalue weighted by Gasteiger charge is -2.02. The van der Waals surface area contributed by atoms with Crippen molar-refractivity contribution in [2.45, 2.75) is 19.3 Å². The van der Waals surface area contributed by atoms with E-state index in [1.807, 2.05) is 31.3 Å². The second-order valence-electron chi connectivity index (χ2n) is 4.78. The first-order chi connectivity index (χ1) is 10.7. The zero-order chi connectivity index (χ0) is 15.8. The van der Waals surface area contributed by atoms with Crippen LogP contribution in [-0.4, -0.2) is 36.8 Å². The molecule has 2 rings (SSSR count). The standard InChI is InChI=1S/C15H20N4O2S.ClH/c1-16-8-4-7-13(20)17-15-19-18-14(22-15)10-11-5-3-6-12(9-11)21-2;/h3,5-6,9,16H,4,7-8,10H2,1-2H3,(H,17,19,20);1H. The minimum absolute atomic E-state index is 0. The summed E-state index contributed by atoms with van der Waals surface area (Å²) in [5, 5.41) is 15.3. The Kier molecular flexibility index (Phi) is 8.53. The number of halogens is 1. The molecular weight excluding hydrogens is 336 g/mol. The average molecular weight is 357 g/mol. The van der Waals surface area contributed by atoms with E-state index in [-0.39, 0.29) is 18.3 Å². The molecule has 126 valence electrons. The Morgan fingerprint density at radius 3 is 2.91 bits per heavy atom. The highest BCUT2D eigenvalue weighted by Gasteiger charge is 2.09. The quantitative estimate of drug-likeness (QED) is 0.711. The van der Waals surface area contributed by atoms with Crippen LogP contribution in [0.3, 0.4) is 0 Å². The number of rotatable bonds is 8. The van der Waals surface area contributed by atoms with Gasteiger partial charge in [-0.2, -0.15) is 0 Å². The Hall–Kier alpha value is -1.70. The second kappa shape index (κ2) is 10.1. The van der Waals surface area contributed by atoms with Crippen molar-refractivity contribution in [3.8, 4) is 5.75 Å². The molecule has 0 radical (unpaired) electrons. The third-order valence-corrected chi connectivity index (χ3v) is 3.87. The van der Waals surface area contributed by atoms with Gasteiger partial charge in [-0.1, -0.05) is 23.5 Å². The Morgan fingerprint density at radius 2 is 2.17 bits per heavy atom. The molecule has 0 fully saturated rings. The molecule has 0 unspecified atom stereocenters. The van der Waals surface area contributed by atoms with Gasteiger partial charge in [0, 0.05) is 12.8 Å². The number of nitrogens with one attached hydrogen (secondary N) is 2. The van der Waals surface area contributed by atoms with Gasteiger partial charge in [-0.25, -0.2) is 0 Å². The van der Waals surface area contributed by atoms with Crippen LogP contribution in [0.25, 0.3) is 0 Å². The summed E-state index contributed by atoms with van der Waals surface area (Å²) in [5.41, 5.74) is 1.10. The summed E-state index contributed by atoms with van der Waals surface area (Å²) >= 11 is 1.40. The molecule has 0 aliphatic heterocycles. The molecule has 0 spiro atoms. The fourth-order valence-electron chi connectivity index (χ4n) is 1.94. The molecule has 6 nitrogen and oxygen atoms in total. The summed E-state index contributed by atoms with van der Waals surface area (Å²) in [5.74, 6) is 0.791. The first-order valence-electron chi connectivity index (χ1n) is 7.11. The number of amides is 1. The summed E-state index contributed by atoms with van der Waals surface area (Å²) in [6, 6.07) is 7.83. The second-order valence-corrected chi connectivity index (χ2v) is 5.85. The predicted octanol–water partition coefficient (Wildman–Crippen LogP) is 2.50. The molecule has 1 amide bonds. The van der Waals surface area contributed by atoms with Crippen LogP contribution in [0.1, 0.15) is 23.4 Å². The van der Waals surface area contributed by atoms with Crippen LogP contribution >= 0.6 is 23.7 Å². The molecule has 8 heteroatoms. The highest BCUT2D eigenvalue weighted by molar-refractivity contribution is 7.15. The maximum absolute atomic E-state index is 11.7. The van der Waals surface area contributed by atoms with Gasteiger partial charge in [-0.05, 0) is 37.7 Å². The van der Waals surface area contributed by atoms with Crippen LogP contribution < -0.4 is 15.4 Å². The number of aromatic nitrogens is 2. The summed E-state index contributed by atoms with van der Waals surface area (Å²) in [4.78, 5) is 11.7. The van der Waals surface area contributed by atoms with Crippen molar-refractivity contribution in [2.75, 3.05) is 26.0 Å². The first-order valence-corrected chi connectivity index (χ1v) is 7.92. The lowest BCUT2D eigenvalue weighted by atomic mass is 10.1. The number of carbonyl (C=O) groups is 1. The number of ether oxygens (including phenoxy) is 1. The van der Waals surface area contributed by atoms with E-state index < -0.39 is 0 Å². The van der Waals surface area contributed by atoms with Crippen molar-refractivity contribution < 1.29 is 9.53 Å². The predicted molar refractivity (Wildman–Crippen MR) is 94.7 cm³/mol. The fourth-order valence-corrected chi connectivity index (χ4v) is 2.73. The summed E-state index contributed by atoms with van der Waals surface area (Å²) in [7, 11) is 3.51. The molecule has 0 aliphatic rings. The van der Waals surface area contributed by atoms with Gasteiger partial charge in [0.25, 0.3) is 0 Å². The molecule has 23 heavy (non-hydrogen) atoms.